The van der Waals surface area contributed by atoms with Crippen LogP contribution in [0.25, 0.3) is 0 Å². The van der Waals surface area contributed by atoms with Gasteiger partial charge in [-0.3, -0.25) is 0 Å². The molecule has 2 rings (SSSR count). The molecule has 0 aliphatic heterocycles. The molecule has 0 spiro atoms. The van der Waals surface area contributed by atoms with Crippen molar-refractivity contribution < 1.29 is 0 Å². The first-order valence-corrected chi connectivity index (χ1v) is 11.3. The Morgan fingerprint density at radius 2 is 1.20 bits per heavy atom. The first-order valence-electron chi connectivity index (χ1n) is 8.70. The van der Waals surface area contributed by atoms with Crippen molar-refractivity contribution >= 4 is 35.3 Å². The van der Waals surface area contributed by atoms with E-state index in [1.807, 2.05) is 22.6 Å². The Balaban J connectivity index is 2.26. The predicted octanol–water partition coefficient (Wildman–Crippen LogP) is 8.21. The zero-order chi connectivity index (χ0) is 18.1. The van der Waals surface area contributed by atoms with Gasteiger partial charge in [-0.25, -0.2) is 0 Å². The third-order valence-corrected chi connectivity index (χ3v) is 6.38. The Morgan fingerprint density at radius 1 is 0.760 bits per heavy atom. The Labute approximate surface area is 165 Å². The van der Waals surface area contributed by atoms with Gasteiger partial charge in [0.25, 0.3) is 0 Å². The van der Waals surface area contributed by atoms with E-state index in [2.05, 4.69) is 63.4 Å². The predicted molar refractivity (Wildman–Crippen MR) is 117 cm³/mol. The van der Waals surface area contributed by atoms with E-state index in [1.54, 1.807) is 23.5 Å². The lowest BCUT2D eigenvalue weighted by Crippen LogP contribution is -1.90. The molecule has 0 aliphatic rings. The minimum Gasteiger partial charge on any atom is -0.0984 e. The van der Waals surface area contributed by atoms with E-state index in [-0.39, 0.29) is 0 Å². The Bertz CT molecular complexity index is 658. The summed E-state index contributed by atoms with van der Waals surface area (Å²) in [6, 6.07) is 13.6. The minimum atomic E-state index is 1.11. The molecule has 0 atom stereocenters. The summed E-state index contributed by atoms with van der Waals surface area (Å²) < 4.78 is 0. The monoisotopic (exact) mass is 386 g/mol. The van der Waals surface area contributed by atoms with E-state index in [0.29, 0.717) is 0 Å². The number of thioether (sulfide) groups is 2. The van der Waals surface area contributed by atoms with Gasteiger partial charge in [0.1, 0.15) is 0 Å². The van der Waals surface area contributed by atoms with Gasteiger partial charge in [0.2, 0.25) is 0 Å². The van der Waals surface area contributed by atoms with Crippen molar-refractivity contribution in [3.8, 4) is 0 Å². The maximum atomic E-state index is 3.85. The van der Waals surface area contributed by atoms with Crippen LogP contribution in [-0.2, 0) is 12.8 Å². The van der Waals surface area contributed by atoms with Crippen LogP contribution in [0, 0.1) is 0 Å². The second kappa shape index (κ2) is 10.8. The van der Waals surface area contributed by atoms with Gasteiger partial charge >= 0.3 is 0 Å². The van der Waals surface area contributed by atoms with Gasteiger partial charge in [-0.05, 0) is 71.2 Å². The number of hydrogen-bond donors (Lipinski definition) is 0. The second-order valence-electron chi connectivity index (χ2n) is 5.71. The molecule has 0 fully saturated rings. The minimum absolute atomic E-state index is 1.11. The third-order valence-electron chi connectivity index (χ3n) is 3.76. The fourth-order valence-electron chi connectivity index (χ4n) is 2.71. The molecule has 0 saturated carbocycles. The van der Waals surface area contributed by atoms with E-state index < -0.39 is 0 Å². The van der Waals surface area contributed by atoms with E-state index in [4.69, 9.17) is 0 Å². The van der Waals surface area contributed by atoms with Crippen LogP contribution in [0.5, 0.6) is 0 Å². The van der Waals surface area contributed by atoms with E-state index in [1.165, 1.54) is 30.7 Å². The summed E-state index contributed by atoms with van der Waals surface area (Å²) in [5.41, 5.74) is 2.84. The fourth-order valence-corrected chi connectivity index (χ4v) is 4.94. The van der Waals surface area contributed by atoms with Crippen molar-refractivity contribution in [1.29, 1.82) is 0 Å². The average Bonchev–Trinajstić information content (AvgIpc) is 2.60. The zero-order valence-corrected chi connectivity index (χ0v) is 17.5. The standard InChI is InChI=1S/C22H26S3/c1-5-9-17-15-19(11-13-21(17)23-7-3)25-20-12-14-22(24-8-4)18(16-20)10-6-2/h7-8,11-16H,3-6,9-10H2,1-2H3. The first kappa shape index (κ1) is 20.3. The summed E-state index contributed by atoms with van der Waals surface area (Å²) in [4.78, 5) is 5.27. The van der Waals surface area contributed by atoms with Crippen molar-refractivity contribution in [1.82, 2.24) is 0 Å². The molecule has 25 heavy (non-hydrogen) atoms. The lowest BCUT2D eigenvalue weighted by atomic mass is 10.1. The maximum Gasteiger partial charge on any atom is 0.0148 e. The molecular formula is C22H26S3. The summed E-state index contributed by atoms with van der Waals surface area (Å²) >= 11 is 5.28. The van der Waals surface area contributed by atoms with E-state index in [9.17, 15) is 0 Å². The summed E-state index contributed by atoms with van der Waals surface area (Å²) in [6.45, 7) is 12.2. The molecule has 3 heteroatoms. The van der Waals surface area contributed by atoms with Gasteiger partial charge in [0, 0.05) is 19.6 Å². The molecule has 2 aromatic carbocycles. The van der Waals surface area contributed by atoms with Crippen LogP contribution in [0.4, 0.5) is 0 Å². The van der Waals surface area contributed by atoms with Gasteiger partial charge in [-0.15, -0.1) is 0 Å². The summed E-state index contributed by atoms with van der Waals surface area (Å²) in [7, 11) is 0. The molecule has 2 aromatic rings. The molecule has 0 bridgehead atoms. The number of rotatable bonds is 10. The van der Waals surface area contributed by atoms with Crippen molar-refractivity contribution in [3.63, 3.8) is 0 Å². The van der Waals surface area contributed by atoms with Gasteiger partial charge in [0.05, 0.1) is 0 Å². The Kier molecular flexibility index (Phi) is 8.80. The highest BCUT2D eigenvalue weighted by Gasteiger charge is 2.07. The molecule has 0 aromatic heterocycles. The second-order valence-corrected chi connectivity index (χ2v) is 8.87. The largest absolute Gasteiger partial charge is 0.0984 e. The normalized spacial score (nSPS) is 10.6. The van der Waals surface area contributed by atoms with Gasteiger partial charge in [-0.1, -0.05) is 75.1 Å². The van der Waals surface area contributed by atoms with Crippen molar-refractivity contribution in [2.75, 3.05) is 0 Å². The number of benzene rings is 2. The lowest BCUT2D eigenvalue weighted by molar-refractivity contribution is 0.894. The highest BCUT2D eigenvalue weighted by molar-refractivity contribution is 8.02. The van der Waals surface area contributed by atoms with Crippen LogP contribution in [0.15, 0.2) is 80.0 Å². The van der Waals surface area contributed by atoms with Crippen LogP contribution in [0.2, 0.25) is 0 Å². The molecule has 0 unspecified atom stereocenters. The zero-order valence-electron chi connectivity index (χ0n) is 15.1. The molecule has 0 heterocycles. The SMILES string of the molecule is C=CSc1ccc(Sc2ccc(SC=C)c(CCC)c2)cc1CCC. The van der Waals surface area contributed by atoms with E-state index in [0.717, 1.165) is 25.7 Å². The average molecular weight is 387 g/mol. The highest BCUT2D eigenvalue weighted by Crippen LogP contribution is 2.35. The Morgan fingerprint density at radius 3 is 1.56 bits per heavy atom. The topological polar surface area (TPSA) is 0 Å². The first-order chi connectivity index (χ1) is 12.2. The molecule has 0 aliphatic carbocycles. The number of aryl methyl sites for hydroxylation is 2. The van der Waals surface area contributed by atoms with Gasteiger partial charge < -0.3 is 0 Å². The van der Waals surface area contributed by atoms with Crippen LogP contribution in [-0.4, -0.2) is 0 Å². The molecule has 0 amide bonds. The van der Waals surface area contributed by atoms with Crippen molar-refractivity contribution in [2.45, 2.75) is 59.1 Å². The highest BCUT2D eigenvalue weighted by atomic mass is 32.2. The maximum absolute atomic E-state index is 3.85. The van der Waals surface area contributed by atoms with Gasteiger partial charge in [0.15, 0.2) is 0 Å². The van der Waals surface area contributed by atoms with Crippen LogP contribution in [0.3, 0.4) is 0 Å². The lowest BCUT2D eigenvalue weighted by Gasteiger charge is -2.12. The van der Waals surface area contributed by atoms with Gasteiger partial charge in [-0.2, -0.15) is 0 Å². The van der Waals surface area contributed by atoms with Crippen LogP contribution >= 0.6 is 35.3 Å². The summed E-state index contributed by atoms with van der Waals surface area (Å²) in [5.74, 6) is 0. The molecule has 0 saturated heterocycles. The van der Waals surface area contributed by atoms with Crippen molar-refractivity contribution in [3.05, 3.63) is 71.5 Å². The van der Waals surface area contributed by atoms with Crippen LogP contribution < -0.4 is 0 Å². The Hall–Kier alpha value is -1.03. The molecule has 0 nitrogen and oxygen atoms in total. The molecule has 0 N–H and O–H groups in total. The quantitative estimate of drug-likeness (QED) is 0.377. The van der Waals surface area contributed by atoms with Crippen molar-refractivity contribution in [2.24, 2.45) is 0 Å². The third kappa shape index (κ3) is 6.02. The summed E-state index contributed by atoms with van der Waals surface area (Å²) in [5, 5.41) is 3.82. The van der Waals surface area contributed by atoms with Crippen LogP contribution in [0.1, 0.15) is 37.8 Å². The molecule has 0 radical (unpaired) electrons. The smallest absolute Gasteiger partial charge is 0.0148 e. The molecule has 132 valence electrons. The fraction of sp³-hybridized carbons (Fsp3) is 0.273. The van der Waals surface area contributed by atoms with E-state index >= 15 is 0 Å². The number of hydrogen-bond acceptors (Lipinski definition) is 3. The molecular weight excluding hydrogens is 360 g/mol. The summed E-state index contributed by atoms with van der Waals surface area (Å²) in [6.07, 6.45) is 4.54.